The highest BCUT2D eigenvalue weighted by Gasteiger charge is 2.41. The van der Waals surface area contributed by atoms with Gasteiger partial charge < -0.3 is 30.6 Å². The Bertz CT molecular complexity index is 1870. The lowest BCUT2D eigenvalue weighted by molar-refractivity contribution is 0.0941. The summed E-state index contributed by atoms with van der Waals surface area (Å²) in [5.74, 6) is -11.2. The van der Waals surface area contributed by atoms with Crippen LogP contribution in [0.2, 0.25) is 0 Å². The van der Waals surface area contributed by atoms with Crippen LogP contribution in [0.3, 0.4) is 0 Å². The molecular formula is C43H50O10. The first-order valence-corrected chi connectivity index (χ1v) is 18.0. The quantitative estimate of drug-likeness (QED) is 0.0509. The molecular weight excluding hydrogens is 676 g/mol. The molecule has 0 atom stereocenters. The molecule has 10 heteroatoms. The number of fused-ring (bicyclic) bond motifs is 1. The van der Waals surface area contributed by atoms with Crippen molar-refractivity contribution in [1.29, 1.82) is 0 Å². The Morgan fingerprint density at radius 1 is 0.434 bits per heavy atom. The number of phenols is 6. The topological polar surface area (TPSA) is 190 Å². The molecule has 4 rings (SSSR count). The van der Waals surface area contributed by atoms with E-state index in [0.29, 0.717) is 10.8 Å². The van der Waals surface area contributed by atoms with E-state index in [1.54, 1.807) is 97.9 Å². The molecule has 0 amide bonds. The van der Waals surface area contributed by atoms with Gasteiger partial charge in [-0.15, -0.1) is 0 Å². The molecule has 0 radical (unpaired) electrons. The number of benzene rings is 4. The van der Waals surface area contributed by atoms with E-state index >= 15 is 0 Å². The Kier molecular flexibility index (Phi) is 12.3. The van der Waals surface area contributed by atoms with Crippen molar-refractivity contribution in [3.63, 3.8) is 0 Å². The third-order valence-corrected chi connectivity index (χ3v) is 9.12. The van der Waals surface area contributed by atoms with E-state index in [0.717, 1.165) is 0 Å². The van der Waals surface area contributed by atoms with Crippen LogP contribution in [0.25, 0.3) is 10.8 Å². The highest BCUT2D eigenvalue weighted by atomic mass is 16.3. The predicted molar refractivity (Wildman–Crippen MR) is 203 cm³/mol. The minimum atomic E-state index is -1.70. The second kappa shape index (κ2) is 16.1. The summed E-state index contributed by atoms with van der Waals surface area (Å²) in [5.41, 5.74) is -3.45. The van der Waals surface area contributed by atoms with Crippen molar-refractivity contribution in [3.8, 4) is 34.5 Å². The Morgan fingerprint density at radius 3 is 1.06 bits per heavy atom. The molecule has 0 saturated carbocycles. The zero-order valence-electron chi connectivity index (χ0n) is 31.6. The molecule has 0 spiro atoms. The molecule has 4 aromatic carbocycles. The summed E-state index contributed by atoms with van der Waals surface area (Å²) in [6, 6.07) is 11.9. The molecule has 53 heavy (non-hydrogen) atoms. The number of Topliss-reactive ketones (excluding diaryl/α,β-unsaturated/α-hetero) is 4. The first-order valence-electron chi connectivity index (χ1n) is 18.0. The van der Waals surface area contributed by atoms with Gasteiger partial charge in [0.25, 0.3) is 0 Å². The van der Waals surface area contributed by atoms with E-state index < -0.39 is 96.9 Å². The Balaban J connectivity index is 2.35. The van der Waals surface area contributed by atoms with Gasteiger partial charge in [0.15, 0.2) is 23.1 Å². The minimum absolute atomic E-state index is 0.167. The lowest BCUT2D eigenvalue weighted by Gasteiger charge is -2.28. The van der Waals surface area contributed by atoms with Crippen LogP contribution in [0.4, 0.5) is 0 Å². The van der Waals surface area contributed by atoms with Crippen molar-refractivity contribution in [2.75, 3.05) is 0 Å². The second-order valence-electron chi connectivity index (χ2n) is 15.5. The zero-order chi connectivity index (χ0) is 39.6. The van der Waals surface area contributed by atoms with Crippen LogP contribution in [-0.2, 0) is 0 Å². The molecule has 0 aliphatic heterocycles. The number of phenolic OH excluding ortho intramolecular Hbond substituents is 6. The van der Waals surface area contributed by atoms with Crippen LogP contribution < -0.4 is 0 Å². The molecule has 0 aliphatic rings. The van der Waals surface area contributed by atoms with Gasteiger partial charge in [-0.3, -0.25) is 19.2 Å². The average molecular weight is 727 g/mol. The molecule has 282 valence electrons. The molecule has 6 N–H and O–H groups in total. The van der Waals surface area contributed by atoms with Gasteiger partial charge in [0.05, 0.1) is 0 Å². The number of hydrogen-bond donors (Lipinski definition) is 6. The largest absolute Gasteiger partial charge is 0.507 e. The van der Waals surface area contributed by atoms with Crippen LogP contribution in [0.5, 0.6) is 34.5 Å². The van der Waals surface area contributed by atoms with Gasteiger partial charge in [0.2, 0.25) is 0 Å². The van der Waals surface area contributed by atoms with Gasteiger partial charge in [-0.2, -0.15) is 0 Å². The zero-order valence-corrected chi connectivity index (χ0v) is 31.6. The fraction of sp³-hybridized carbons (Fsp3) is 0.395. The second-order valence-corrected chi connectivity index (χ2v) is 15.5. The van der Waals surface area contributed by atoms with E-state index in [1.165, 1.54) is 0 Å². The summed E-state index contributed by atoms with van der Waals surface area (Å²) in [5, 5.41) is 72.6. The summed E-state index contributed by atoms with van der Waals surface area (Å²) < 4.78 is 0. The van der Waals surface area contributed by atoms with Gasteiger partial charge in [-0.25, -0.2) is 0 Å². The van der Waals surface area contributed by atoms with Crippen molar-refractivity contribution in [1.82, 2.24) is 0 Å². The maximum Gasteiger partial charge on any atom is 0.170 e. The molecule has 10 nitrogen and oxygen atoms in total. The molecule has 4 aromatic rings. The van der Waals surface area contributed by atoms with Gasteiger partial charge in [0, 0.05) is 42.7 Å². The van der Waals surface area contributed by atoms with E-state index in [9.17, 15) is 49.8 Å². The number of ketones is 4. The molecule has 0 saturated heterocycles. The van der Waals surface area contributed by atoms with Crippen molar-refractivity contribution < 1.29 is 49.8 Å². The number of aromatic hydroxyl groups is 6. The van der Waals surface area contributed by atoms with Crippen LogP contribution >= 0.6 is 0 Å². The Labute approximate surface area is 309 Å². The SMILES string of the molecule is CC(C)CC(=O)c1c(O)c(C(=O)CC(C)C)c(O)c(C(c2c(O)c(C(=O)CC(C)C)c(O)c(C(=O)CC(C)C)c2O)c2cccc3ccccc23)c1O. The maximum absolute atomic E-state index is 13.8. The highest BCUT2D eigenvalue weighted by molar-refractivity contribution is 6.12. The lowest BCUT2D eigenvalue weighted by Crippen LogP contribution is -2.16. The molecule has 0 bridgehead atoms. The van der Waals surface area contributed by atoms with E-state index in [-0.39, 0.29) is 54.9 Å². The van der Waals surface area contributed by atoms with E-state index in [4.69, 9.17) is 0 Å². The van der Waals surface area contributed by atoms with Gasteiger partial charge >= 0.3 is 0 Å². The minimum Gasteiger partial charge on any atom is -0.507 e. The van der Waals surface area contributed by atoms with Crippen LogP contribution in [0.15, 0.2) is 42.5 Å². The molecule has 0 heterocycles. The monoisotopic (exact) mass is 726 g/mol. The van der Waals surface area contributed by atoms with Gasteiger partial charge in [-0.1, -0.05) is 97.9 Å². The maximum atomic E-state index is 13.8. The summed E-state index contributed by atoms with van der Waals surface area (Å²) in [4.78, 5) is 55.2. The van der Waals surface area contributed by atoms with Gasteiger partial charge in [-0.05, 0) is 40.0 Å². The lowest BCUT2D eigenvalue weighted by atomic mass is 9.76. The Morgan fingerprint density at radius 2 is 0.736 bits per heavy atom. The van der Waals surface area contributed by atoms with Crippen molar-refractivity contribution in [3.05, 3.63) is 81.4 Å². The highest BCUT2D eigenvalue weighted by Crippen LogP contribution is 2.56. The fourth-order valence-electron chi connectivity index (χ4n) is 6.91. The normalized spacial score (nSPS) is 11.8. The molecule has 0 aliphatic carbocycles. The third kappa shape index (κ3) is 8.01. The van der Waals surface area contributed by atoms with E-state index in [1.807, 2.05) is 0 Å². The van der Waals surface area contributed by atoms with E-state index in [2.05, 4.69) is 0 Å². The number of hydrogen-bond acceptors (Lipinski definition) is 10. The summed E-state index contributed by atoms with van der Waals surface area (Å²) in [6.45, 7) is 14.0. The third-order valence-electron chi connectivity index (χ3n) is 9.12. The van der Waals surface area contributed by atoms with Crippen molar-refractivity contribution >= 4 is 33.9 Å². The first-order chi connectivity index (χ1) is 24.8. The van der Waals surface area contributed by atoms with Crippen LogP contribution in [-0.4, -0.2) is 53.8 Å². The number of carbonyl (C=O) groups is 4. The summed E-state index contributed by atoms with van der Waals surface area (Å²) in [6.07, 6.45) is -0.669. The van der Waals surface area contributed by atoms with Crippen LogP contribution in [0, 0.1) is 23.7 Å². The first kappa shape index (κ1) is 40.4. The molecule has 0 fully saturated rings. The molecule has 0 unspecified atom stereocenters. The van der Waals surface area contributed by atoms with Crippen molar-refractivity contribution in [2.24, 2.45) is 23.7 Å². The summed E-state index contributed by atoms with van der Waals surface area (Å²) >= 11 is 0. The van der Waals surface area contributed by atoms with Gasteiger partial charge in [0.1, 0.15) is 56.8 Å². The standard InChI is InChI=1S/C43H50O10/c1-20(2)16-27(44)32-38(48)33(28(45)17-21(3)4)41(51)36(40(32)50)31(26-15-11-13-24-12-9-10-14-25(24)26)37-42(52)34(29(46)18-22(5)6)39(49)35(43(37)53)30(47)19-23(7)8/h9-15,20-23,31,48-53H,16-19H2,1-8H3. The van der Waals surface area contributed by atoms with Crippen LogP contribution in [0.1, 0.15) is 145 Å². The average Bonchev–Trinajstić information content (AvgIpc) is 3.02. The number of rotatable bonds is 15. The predicted octanol–water partition coefficient (Wildman–Crippen LogP) is 9.17. The smallest absolute Gasteiger partial charge is 0.170 e. The van der Waals surface area contributed by atoms with Crippen molar-refractivity contribution in [2.45, 2.75) is 87.0 Å². The number of carbonyl (C=O) groups excluding carboxylic acids is 4. The summed E-state index contributed by atoms with van der Waals surface area (Å²) in [7, 11) is 0. The Hall–Kier alpha value is -5.38. The fourth-order valence-corrected chi connectivity index (χ4v) is 6.91. The molecule has 0 aromatic heterocycles.